The number of hydrogen-bond donors (Lipinski definition) is 1. The molecule has 2 aromatic carbocycles. The second kappa shape index (κ2) is 11.2. The molecule has 0 aromatic heterocycles. The van der Waals surface area contributed by atoms with Crippen LogP contribution in [0.15, 0.2) is 58.1 Å². The fraction of sp³-hybridized carbons (Fsp3) is 0.308. The van der Waals surface area contributed by atoms with Crippen LogP contribution in [0.4, 0.5) is 0 Å². The van der Waals surface area contributed by atoms with E-state index in [2.05, 4.69) is 17.0 Å². The van der Waals surface area contributed by atoms with E-state index >= 15 is 0 Å². The number of fused-ring (bicyclic) bond motifs is 1. The minimum Gasteiger partial charge on any atom is -0.493 e. The van der Waals surface area contributed by atoms with E-state index in [1.165, 1.54) is 16.8 Å². The van der Waals surface area contributed by atoms with Gasteiger partial charge in [0.15, 0.2) is 17.3 Å². The summed E-state index contributed by atoms with van der Waals surface area (Å²) >= 11 is 1.36. The molecule has 2 aliphatic heterocycles. The molecule has 0 unspecified atom stereocenters. The molecule has 9 heteroatoms. The van der Waals surface area contributed by atoms with Crippen molar-refractivity contribution in [1.82, 2.24) is 5.01 Å². The van der Waals surface area contributed by atoms with Crippen LogP contribution >= 0.6 is 11.8 Å². The van der Waals surface area contributed by atoms with Crippen molar-refractivity contribution in [2.75, 3.05) is 20.3 Å². The van der Waals surface area contributed by atoms with Gasteiger partial charge in [-0.1, -0.05) is 37.6 Å². The van der Waals surface area contributed by atoms with Crippen LogP contribution < -0.4 is 14.2 Å². The summed E-state index contributed by atoms with van der Waals surface area (Å²) in [5.41, 5.74) is 1.94. The number of rotatable bonds is 10. The number of hydrogen-bond acceptors (Lipinski definition) is 7. The predicted molar refractivity (Wildman–Crippen MR) is 140 cm³/mol. The normalized spacial score (nSPS) is 16.2. The Labute approximate surface area is 209 Å². The van der Waals surface area contributed by atoms with E-state index in [4.69, 9.17) is 19.6 Å². The number of carbonyl (C=O) groups is 1. The molecule has 2 aromatic rings. The van der Waals surface area contributed by atoms with Gasteiger partial charge in [-0.25, -0.2) is 0 Å². The fourth-order valence-electron chi connectivity index (χ4n) is 3.54. The predicted octanol–water partition coefficient (Wildman–Crippen LogP) is 5.27. The number of amidine groups is 2. The number of carbonyl (C=O) groups excluding carboxylic acids is 1. The third-order valence-corrected chi connectivity index (χ3v) is 6.40. The smallest absolute Gasteiger partial charge is 0.283 e. The lowest BCUT2D eigenvalue weighted by Crippen LogP contribution is -2.35. The first kappa shape index (κ1) is 24.5. The second-order valence-electron chi connectivity index (χ2n) is 7.99. The van der Waals surface area contributed by atoms with Crippen molar-refractivity contribution >= 4 is 39.8 Å². The van der Waals surface area contributed by atoms with Gasteiger partial charge in [0.25, 0.3) is 5.91 Å². The van der Waals surface area contributed by atoms with Gasteiger partial charge in [-0.15, -0.1) is 0 Å². The van der Waals surface area contributed by atoms with E-state index in [1.54, 1.807) is 25.3 Å². The first-order chi connectivity index (χ1) is 17.0. The zero-order valence-electron chi connectivity index (χ0n) is 20.0. The third-order valence-electron chi connectivity index (χ3n) is 5.43. The highest BCUT2D eigenvalue weighted by molar-refractivity contribution is 8.26. The summed E-state index contributed by atoms with van der Waals surface area (Å²) in [5, 5.41) is 15.8. The van der Waals surface area contributed by atoms with Crippen LogP contribution in [0.1, 0.15) is 37.3 Å². The van der Waals surface area contributed by atoms with Gasteiger partial charge in [-0.3, -0.25) is 10.2 Å². The maximum Gasteiger partial charge on any atom is 0.283 e. The number of methoxy groups -OCH3 is 1. The van der Waals surface area contributed by atoms with Crippen LogP contribution in [0.3, 0.4) is 0 Å². The van der Waals surface area contributed by atoms with E-state index in [9.17, 15) is 4.79 Å². The van der Waals surface area contributed by atoms with Crippen molar-refractivity contribution in [2.45, 2.75) is 33.1 Å². The standard InChI is InChI=1S/C26H28N4O4S/c1-4-5-10-23-29-30-24(27)19(25(31)28-26(30)35-23)15-18-11-12-21(22(16-18)32-3)34-14-13-33-20-9-7-6-8-17(20)2/h6-9,11-12,15-16,27H,4-5,10,13-14H2,1-3H3. The number of aliphatic imine (C=N–C) groups is 1. The summed E-state index contributed by atoms with van der Waals surface area (Å²) < 4.78 is 17.1. The van der Waals surface area contributed by atoms with E-state index in [1.807, 2.05) is 37.3 Å². The Bertz CT molecular complexity index is 1220. The van der Waals surface area contributed by atoms with Gasteiger partial charge in [-0.2, -0.15) is 15.1 Å². The SMILES string of the molecule is CCCCC1=NN2C(=N)C(=Cc3ccc(OCCOc4ccccc4C)c(OC)c3)C(=O)N=C2S1. The van der Waals surface area contributed by atoms with Gasteiger partial charge < -0.3 is 14.2 Å². The summed E-state index contributed by atoms with van der Waals surface area (Å²) in [6, 6.07) is 13.2. The quantitative estimate of drug-likeness (QED) is 0.358. The highest BCUT2D eigenvalue weighted by Crippen LogP contribution is 2.32. The molecule has 0 saturated heterocycles. The fourth-order valence-corrected chi connectivity index (χ4v) is 4.47. The molecule has 1 N–H and O–H groups in total. The molecule has 1 amide bonds. The van der Waals surface area contributed by atoms with Crippen molar-refractivity contribution < 1.29 is 19.0 Å². The highest BCUT2D eigenvalue weighted by atomic mass is 32.2. The lowest BCUT2D eigenvalue weighted by molar-refractivity contribution is -0.114. The van der Waals surface area contributed by atoms with Crippen LogP contribution in [0.25, 0.3) is 6.08 Å². The molecule has 4 rings (SSSR count). The lowest BCUT2D eigenvalue weighted by atomic mass is 10.1. The van der Waals surface area contributed by atoms with Crippen LogP contribution in [-0.4, -0.2) is 47.3 Å². The molecule has 8 nitrogen and oxygen atoms in total. The molecular weight excluding hydrogens is 464 g/mol. The Morgan fingerprint density at radius 1 is 1.09 bits per heavy atom. The molecule has 0 aliphatic carbocycles. The molecule has 2 heterocycles. The Morgan fingerprint density at radius 2 is 1.86 bits per heavy atom. The minimum atomic E-state index is -0.451. The van der Waals surface area contributed by atoms with E-state index in [0.717, 1.165) is 35.6 Å². The Kier molecular flexibility index (Phi) is 7.87. The molecule has 182 valence electrons. The zero-order chi connectivity index (χ0) is 24.8. The monoisotopic (exact) mass is 492 g/mol. The summed E-state index contributed by atoms with van der Waals surface area (Å²) in [6.45, 7) is 4.84. The van der Waals surface area contributed by atoms with Crippen molar-refractivity contribution in [3.63, 3.8) is 0 Å². The number of ether oxygens (including phenoxy) is 3. The molecule has 0 radical (unpaired) electrons. The number of amides is 1. The molecule has 0 bridgehead atoms. The molecule has 0 spiro atoms. The van der Waals surface area contributed by atoms with Gasteiger partial charge in [0.05, 0.1) is 12.7 Å². The van der Waals surface area contributed by atoms with Crippen LogP contribution in [0.5, 0.6) is 17.2 Å². The second-order valence-corrected chi connectivity index (χ2v) is 9.03. The number of aryl methyl sites for hydroxylation is 1. The van der Waals surface area contributed by atoms with Crippen molar-refractivity contribution in [3.05, 3.63) is 59.2 Å². The maximum atomic E-state index is 12.7. The number of benzene rings is 2. The molecule has 35 heavy (non-hydrogen) atoms. The zero-order valence-corrected chi connectivity index (χ0v) is 20.9. The summed E-state index contributed by atoms with van der Waals surface area (Å²) in [4.78, 5) is 16.8. The Morgan fingerprint density at radius 3 is 2.60 bits per heavy atom. The van der Waals surface area contributed by atoms with Crippen molar-refractivity contribution in [1.29, 1.82) is 5.41 Å². The van der Waals surface area contributed by atoms with Crippen LogP contribution in [-0.2, 0) is 4.79 Å². The largest absolute Gasteiger partial charge is 0.493 e. The van der Waals surface area contributed by atoms with Gasteiger partial charge in [0.2, 0.25) is 5.17 Å². The van der Waals surface area contributed by atoms with E-state index in [0.29, 0.717) is 35.4 Å². The number of unbranched alkanes of at least 4 members (excludes halogenated alkanes) is 1. The molecular formula is C26H28N4O4S. The lowest BCUT2D eigenvalue weighted by Gasteiger charge is -2.20. The average molecular weight is 493 g/mol. The maximum absolute atomic E-state index is 12.7. The number of hydrazone groups is 1. The van der Waals surface area contributed by atoms with Crippen LogP contribution in [0.2, 0.25) is 0 Å². The van der Waals surface area contributed by atoms with Gasteiger partial charge in [0, 0.05) is 0 Å². The third kappa shape index (κ3) is 5.74. The first-order valence-corrected chi connectivity index (χ1v) is 12.3. The molecule has 0 saturated carbocycles. The summed E-state index contributed by atoms with van der Waals surface area (Å²) in [6.07, 6.45) is 4.49. The van der Waals surface area contributed by atoms with Gasteiger partial charge >= 0.3 is 0 Å². The Balaban J connectivity index is 1.43. The van der Waals surface area contributed by atoms with Crippen LogP contribution in [0, 0.1) is 12.3 Å². The Hall–Kier alpha value is -3.59. The number of para-hydroxylation sites is 1. The summed E-state index contributed by atoms with van der Waals surface area (Å²) in [5.74, 6) is 1.48. The number of nitrogens with zero attached hydrogens (tertiary/aromatic N) is 3. The average Bonchev–Trinajstić information content (AvgIpc) is 3.27. The first-order valence-electron chi connectivity index (χ1n) is 11.5. The highest BCUT2D eigenvalue weighted by Gasteiger charge is 2.35. The molecule has 2 aliphatic rings. The minimum absolute atomic E-state index is 0.0200. The molecule has 0 atom stereocenters. The van der Waals surface area contributed by atoms with E-state index < -0.39 is 5.91 Å². The van der Waals surface area contributed by atoms with Crippen molar-refractivity contribution in [3.8, 4) is 17.2 Å². The van der Waals surface area contributed by atoms with Gasteiger partial charge in [0.1, 0.15) is 24.0 Å². The van der Waals surface area contributed by atoms with E-state index in [-0.39, 0.29) is 11.4 Å². The summed E-state index contributed by atoms with van der Waals surface area (Å²) in [7, 11) is 1.56. The number of nitrogens with one attached hydrogen (secondary N) is 1. The van der Waals surface area contributed by atoms with Crippen molar-refractivity contribution in [2.24, 2.45) is 10.1 Å². The van der Waals surface area contributed by atoms with Gasteiger partial charge in [-0.05, 0) is 66.9 Å². The molecule has 0 fully saturated rings. The topological polar surface area (TPSA) is 96.6 Å². The number of thioether (sulfide) groups is 1.